The van der Waals surface area contributed by atoms with Gasteiger partial charge in [-0.3, -0.25) is 0 Å². The molecule has 0 heterocycles. The Morgan fingerprint density at radius 1 is 1.21 bits per heavy atom. The molecule has 1 nitrogen and oxygen atoms in total. The van der Waals surface area contributed by atoms with Gasteiger partial charge in [0.2, 0.25) is 0 Å². The van der Waals surface area contributed by atoms with Gasteiger partial charge < -0.3 is 5.32 Å². The zero-order chi connectivity index (χ0) is 13.7. The quantitative estimate of drug-likeness (QED) is 0.583. The van der Waals surface area contributed by atoms with Gasteiger partial charge in [0.1, 0.15) is 11.6 Å². The Balaban J connectivity index is 1.72. The molecule has 0 atom stereocenters. The summed E-state index contributed by atoms with van der Waals surface area (Å²) in [6, 6.07) is 2.69. The van der Waals surface area contributed by atoms with Crippen LogP contribution in [-0.4, -0.2) is 6.54 Å². The molecule has 1 aliphatic rings. The summed E-state index contributed by atoms with van der Waals surface area (Å²) in [7, 11) is 0. The SMILES string of the molecule is Fc1ccc(Br)c(F)c1CNCCCC1CCCC1. The lowest BCUT2D eigenvalue weighted by atomic mass is 10.0. The number of benzene rings is 1. The van der Waals surface area contributed by atoms with Gasteiger partial charge in [0.15, 0.2) is 0 Å². The summed E-state index contributed by atoms with van der Waals surface area (Å²) in [6.07, 6.45) is 7.77. The van der Waals surface area contributed by atoms with Crippen LogP contribution in [0, 0.1) is 17.6 Å². The summed E-state index contributed by atoms with van der Waals surface area (Å²) >= 11 is 3.08. The number of hydrogen-bond donors (Lipinski definition) is 1. The van der Waals surface area contributed by atoms with Crippen molar-refractivity contribution < 1.29 is 8.78 Å². The van der Waals surface area contributed by atoms with Crippen molar-refractivity contribution in [2.45, 2.75) is 45.1 Å². The average Bonchev–Trinajstić information content (AvgIpc) is 2.90. The molecule has 1 N–H and O–H groups in total. The zero-order valence-corrected chi connectivity index (χ0v) is 12.6. The molecule has 2 rings (SSSR count). The van der Waals surface area contributed by atoms with Crippen molar-refractivity contribution in [1.29, 1.82) is 0 Å². The molecular weight excluding hydrogens is 312 g/mol. The maximum absolute atomic E-state index is 13.7. The molecule has 0 unspecified atom stereocenters. The molecule has 1 fully saturated rings. The molecule has 19 heavy (non-hydrogen) atoms. The summed E-state index contributed by atoms with van der Waals surface area (Å²) in [4.78, 5) is 0. The predicted octanol–water partition coefficient (Wildman–Crippen LogP) is 4.79. The van der Waals surface area contributed by atoms with Gasteiger partial charge in [-0.05, 0) is 53.4 Å². The van der Waals surface area contributed by atoms with Crippen LogP contribution in [0.1, 0.15) is 44.1 Å². The number of hydrogen-bond acceptors (Lipinski definition) is 1. The molecule has 1 aliphatic carbocycles. The van der Waals surface area contributed by atoms with E-state index in [-0.39, 0.29) is 12.1 Å². The maximum Gasteiger partial charge on any atom is 0.144 e. The van der Waals surface area contributed by atoms with Gasteiger partial charge in [0.05, 0.1) is 4.47 Å². The Hall–Kier alpha value is -0.480. The van der Waals surface area contributed by atoms with Crippen molar-refractivity contribution in [1.82, 2.24) is 5.32 Å². The summed E-state index contributed by atoms with van der Waals surface area (Å²) in [5.74, 6) is -0.103. The number of rotatable bonds is 6. The lowest BCUT2D eigenvalue weighted by Crippen LogP contribution is -2.17. The van der Waals surface area contributed by atoms with E-state index in [2.05, 4.69) is 21.2 Å². The molecule has 0 aromatic heterocycles. The number of nitrogens with one attached hydrogen (secondary N) is 1. The summed E-state index contributed by atoms with van der Waals surface area (Å²) in [5.41, 5.74) is 0.121. The van der Waals surface area contributed by atoms with Crippen molar-refractivity contribution in [2.75, 3.05) is 6.54 Å². The monoisotopic (exact) mass is 331 g/mol. The Kier molecular flexibility index (Phi) is 5.76. The molecule has 0 spiro atoms. The third-order valence-corrected chi connectivity index (χ3v) is 4.49. The molecule has 0 aliphatic heterocycles. The highest BCUT2D eigenvalue weighted by Gasteiger charge is 2.14. The fraction of sp³-hybridized carbons (Fsp3) is 0.600. The summed E-state index contributed by atoms with van der Waals surface area (Å²) in [5, 5.41) is 3.13. The molecule has 0 radical (unpaired) electrons. The van der Waals surface area contributed by atoms with Gasteiger partial charge in [-0.25, -0.2) is 8.78 Å². The molecule has 1 aromatic rings. The second-order valence-corrected chi connectivity index (χ2v) is 6.15. The summed E-state index contributed by atoms with van der Waals surface area (Å²) < 4.78 is 27.5. The Bertz CT molecular complexity index is 417. The maximum atomic E-state index is 13.7. The van der Waals surface area contributed by atoms with Crippen LogP contribution in [0.4, 0.5) is 8.78 Å². The van der Waals surface area contributed by atoms with Crippen LogP contribution in [0.15, 0.2) is 16.6 Å². The lowest BCUT2D eigenvalue weighted by molar-refractivity contribution is 0.464. The van der Waals surface area contributed by atoms with Crippen LogP contribution in [0.25, 0.3) is 0 Å². The minimum absolute atomic E-state index is 0.121. The normalized spacial score (nSPS) is 16.2. The zero-order valence-electron chi connectivity index (χ0n) is 11.0. The molecule has 4 heteroatoms. The van der Waals surface area contributed by atoms with E-state index < -0.39 is 11.6 Å². The van der Waals surface area contributed by atoms with Crippen LogP contribution in [0.2, 0.25) is 0 Å². The van der Waals surface area contributed by atoms with E-state index in [0.717, 1.165) is 18.9 Å². The second-order valence-electron chi connectivity index (χ2n) is 5.29. The minimum Gasteiger partial charge on any atom is -0.312 e. The highest BCUT2D eigenvalue weighted by molar-refractivity contribution is 9.10. The van der Waals surface area contributed by atoms with Crippen molar-refractivity contribution in [2.24, 2.45) is 5.92 Å². The molecule has 1 saturated carbocycles. The standard InChI is InChI=1S/C15H20BrF2N/c16-13-7-8-14(17)12(15(13)18)10-19-9-3-6-11-4-1-2-5-11/h7-8,11,19H,1-6,9-10H2. The van der Waals surface area contributed by atoms with Gasteiger partial charge in [-0.15, -0.1) is 0 Å². The first-order chi connectivity index (χ1) is 9.18. The van der Waals surface area contributed by atoms with Crippen molar-refractivity contribution in [3.63, 3.8) is 0 Å². The van der Waals surface area contributed by atoms with E-state index >= 15 is 0 Å². The predicted molar refractivity (Wildman–Crippen MR) is 77.0 cm³/mol. The number of halogens is 3. The largest absolute Gasteiger partial charge is 0.312 e. The molecule has 0 saturated heterocycles. The van der Waals surface area contributed by atoms with Crippen molar-refractivity contribution in [3.8, 4) is 0 Å². The minimum atomic E-state index is -0.497. The van der Waals surface area contributed by atoms with E-state index in [1.165, 1.54) is 44.2 Å². The van der Waals surface area contributed by atoms with Gasteiger partial charge in [-0.1, -0.05) is 25.7 Å². The highest BCUT2D eigenvalue weighted by Crippen LogP contribution is 2.28. The Morgan fingerprint density at radius 2 is 1.95 bits per heavy atom. The van der Waals surface area contributed by atoms with E-state index in [1.54, 1.807) is 0 Å². The van der Waals surface area contributed by atoms with Crippen molar-refractivity contribution >= 4 is 15.9 Å². The van der Waals surface area contributed by atoms with Crippen LogP contribution in [0.5, 0.6) is 0 Å². The van der Waals surface area contributed by atoms with Gasteiger partial charge >= 0.3 is 0 Å². The van der Waals surface area contributed by atoms with Crippen LogP contribution >= 0.6 is 15.9 Å². The van der Waals surface area contributed by atoms with Gasteiger partial charge in [0, 0.05) is 12.1 Å². The first kappa shape index (κ1) is 14.9. The highest BCUT2D eigenvalue weighted by atomic mass is 79.9. The molecule has 0 bridgehead atoms. The third-order valence-electron chi connectivity index (χ3n) is 3.88. The fourth-order valence-corrected chi connectivity index (χ4v) is 3.13. The first-order valence-electron chi connectivity index (χ1n) is 7.01. The average molecular weight is 332 g/mol. The first-order valence-corrected chi connectivity index (χ1v) is 7.81. The van der Waals surface area contributed by atoms with Crippen LogP contribution < -0.4 is 5.32 Å². The van der Waals surface area contributed by atoms with Crippen LogP contribution in [0.3, 0.4) is 0 Å². The van der Waals surface area contributed by atoms with Crippen molar-refractivity contribution in [3.05, 3.63) is 33.8 Å². The molecule has 106 valence electrons. The van der Waals surface area contributed by atoms with Gasteiger partial charge in [-0.2, -0.15) is 0 Å². The molecule has 1 aromatic carbocycles. The van der Waals surface area contributed by atoms with E-state index in [9.17, 15) is 8.78 Å². The topological polar surface area (TPSA) is 12.0 Å². The Morgan fingerprint density at radius 3 is 2.68 bits per heavy atom. The smallest absolute Gasteiger partial charge is 0.144 e. The molecular formula is C15H20BrF2N. The van der Waals surface area contributed by atoms with E-state index in [4.69, 9.17) is 0 Å². The lowest BCUT2D eigenvalue weighted by Gasteiger charge is -2.10. The Labute approximate surface area is 121 Å². The molecule has 0 amide bonds. The third kappa shape index (κ3) is 4.25. The van der Waals surface area contributed by atoms with Gasteiger partial charge in [0.25, 0.3) is 0 Å². The van der Waals surface area contributed by atoms with E-state index in [1.807, 2.05) is 0 Å². The summed E-state index contributed by atoms with van der Waals surface area (Å²) in [6.45, 7) is 1.07. The second kappa shape index (κ2) is 7.34. The van der Waals surface area contributed by atoms with E-state index in [0.29, 0.717) is 4.47 Å². The van der Waals surface area contributed by atoms with Crippen LogP contribution in [-0.2, 0) is 6.54 Å². The fourth-order valence-electron chi connectivity index (χ4n) is 2.76.